The van der Waals surface area contributed by atoms with Crippen LogP contribution in [0.15, 0.2) is 36.4 Å². The van der Waals surface area contributed by atoms with Gasteiger partial charge in [0.1, 0.15) is 5.75 Å². The van der Waals surface area contributed by atoms with Gasteiger partial charge in [0.2, 0.25) is 6.79 Å². The van der Waals surface area contributed by atoms with E-state index in [4.69, 9.17) is 9.47 Å². The monoisotopic (exact) mass is 391 g/mol. The molecule has 3 atom stereocenters. The number of hydrogen-bond acceptors (Lipinski definition) is 4. The Morgan fingerprint density at radius 2 is 1.97 bits per heavy atom. The number of rotatable bonds is 3. The summed E-state index contributed by atoms with van der Waals surface area (Å²) in [6.07, 6.45) is 8.72. The SMILES string of the molecule is Oc1ccc2c(c1)[C@@]13CCCC[C@H]1[C@@H](C2)N(CCc1ccc2c(c1)OCO2)CC3. The Morgan fingerprint density at radius 3 is 2.93 bits per heavy atom. The number of aromatic hydroxyl groups is 1. The lowest BCUT2D eigenvalue weighted by Gasteiger charge is -2.59. The summed E-state index contributed by atoms with van der Waals surface area (Å²) >= 11 is 0. The molecule has 1 N–H and O–H groups in total. The Kier molecular flexibility index (Phi) is 4.05. The fourth-order valence-corrected chi connectivity index (χ4v) is 6.72. The maximum absolute atomic E-state index is 10.2. The van der Waals surface area contributed by atoms with Gasteiger partial charge in [0.15, 0.2) is 11.5 Å². The molecule has 4 nitrogen and oxygen atoms in total. The number of likely N-dealkylation sites (tertiary alicyclic amines) is 1. The van der Waals surface area contributed by atoms with Crippen LogP contribution in [-0.4, -0.2) is 35.9 Å². The number of nitrogens with zero attached hydrogens (tertiary/aromatic N) is 1. The van der Waals surface area contributed by atoms with Gasteiger partial charge in [-0.15, -0.1) is 0 Å². The summed E-state index contributed by atoms with van der Waals surface area (Å²) in [6.45, 7) is 2.61. The number of piperidine rings is 1. The molecule has 1 saturated heterocycles. The molecule has 4 heteroatoms. The molecular formula is C25H29NO3. The first-order valence-corrected chi connectivity index (χ1v) is 11.2. The highest BCUT2D eigenvalue weighted by Crippen LogP contribution is 2.56. The molecule has 2 heterocycles. The van der Waals surface area contributed by atoms with Crippen molar-refractivity contribution in [3.05, 3.63) is 53.1 Å². The zero-order valence-electron chi connectivity index (χ0n) is 16.9. The van der Waals surface area contributed by atoms with Gasteiger partial charge in [-0.05, 0) is 85.5 Å². The van der Waals surface area contributed by atoms with Crippen molar-refractivity contribution in [3.8, 4) is 17.2 Å². The molecule has 2 aromatic carbocycles. The summed E-state index contributed by atoms with van der Waals surface area (Å²) in [6, 6.07) is 13.2. The molecule has 152 valence electrons. The molecule has 2 fully saturated rings. The summed E-state index contributed by atoms with van der Waals surface area (Å²) < 4.78 is 11.0. The number of phenols is 1. The maximum Gasteiger partial charge on any atom is 0.231 e. The predicted octanol–water partition coefficient (Wildman–Crippen LogP) is 4.42. The minimum Gasteiger partial charge on any atom is -0.508 e. The van der Waals surface area contributed by atoms with Crippen molar-refractivity contribution >= 4 is 0 Å². The largest absolute Gasteiger partial charge is 0.508 e. The zero-order valence-corrected chi connectivity index (χ0v) is 16.9. The highest BCUT2D eigenvalue weighted by Gasteiger charge is 2.53. The van der Waals surface area contributed by atoms with E-state index in [1.807, 2.05) is 12.1 Å². The van der Waals surface area contributed by atoms with Crippen LogP contribution in [0.3, 0.4) is 0 Å². The van der Waals surface area contributed by atoms with Crippen LogP contribution in [0, 0.1) is 5.92 Å². The number of fused-ring (bicyclic) bond motifs is 2. The molecule has 0 radical (unpaired) electrons. The van der Waals surface area contributed by atoms with E-state index in [0.29, 0.717) is 24.0 Å². The van der Waals surface area contributed by atoms with Crippen molar-refractivity contribution in [3.63, 3.8) is 0 Å². The van der Waals surface area contributed by atoms with Crippen molar-refractivity contribution in [1.29, 1.82) is 0 Å². The van der Waals surface area contributed by atoms with E-state index < -0.39 is 0 Å². The normalized spacial score (nSPS) is 29.9. The van der Waals surface area contributed by atoms with Gasteiger partial charge in [0, 0.05) is 18.0 Å². The minimum atomic E-state index is 0.296. The molecule has 0 spiro atoms. The standard InChI is InChI=1S/C25H29NO3/c27-19-6-5-18-14-22-20-3-1-2-9-25(20,21(18)15-19)10-12-26(22)11-8-17-4-7-23-24(13-17)29-16-28-23/h4-7,13,15,20,22,27H,1-3,8-12,14,16H2/t20-,22+,25+/m0/s1. The fourth-order valence-electron chi connectivity index (χ4n) is 6.72. The Bertz CT molecular complexity index is 942. The van der Waals surface area contributed by atoms with E-state index in [2.05, 4.69) is 29.2 Å². The summed E-state index contributed by atoms with van der Waals surface area (Å²) in [5.41, 5.74) is 4.56. The molecule has 4 aliphatic rings. The molecule has 29 heavy (non-hydrogen) atoms. The van der Waals surface area contributed by atoms with E-state index in [0.717, 1.165) is 36.8 Å². The molecule has 0 amide bonds. The van der Waals surface area contributed by atoms with E-state index in [9.17, 15) is 5.11 Å². The lowest BCUT2D eigenvalue weighted by molar-refractivity contribution is -0.0106. The van der Waals surface area contributed by atoms with Gasteiger partial charge in [0.05, 0.1) is 0 Å². The molecular weight excluding hydrogens is 362 g/mol. The average molecular weight is 392 g/mol. The van der Waals surface area contributed by atoms with Crippen molar-refractivity contribution in [1.82, 2.24) is 4.90 Å². The van der Waals surface area contributed by atoms with Crippen LogP contribution in [0.25, 0.3) is 0 Å². The highest BCUT2D eigenvalue weighted by molar-refractivity contribution is 5.46. The third kappa shape index (κ3) is 2.76. The summed E-state index contributed by atoms with van der Waals surface area (Å²) in [7, 11) is 0. The quantitative estimate of drug-likeness (QED) is 0.841. The number of hydrogen-bond donors (Lipinski definition) is 1. The highest BCUT2D eigenvalue weighted by atomic mass is 16.7. The van der Waals surface area contributed by atoms with Gasteiger partial charge < -0.3 is 14.6 Å². The van der Waals surface area contributed by atoms with Crippen LogP contribution in [-0.2, 0) is 18.3 Å². The first-order valence-electron chi connectivity index (χ1n) is 11.2. The molecule has 2 aliphatic carbocycles. The molecule has 6 rings (SSSR count). The first kappa shape index (κ1) is 17.6. The van der Waals surface area contributed by atoms with Crippen LogP contribution < -0.4 is 9.47 Å². The topological polar surface area (TPSA) is 41.9 Å². The lowest BCUT2D eigenvalue weighted by Crippen LogP contribution is -2.61. The van der Waals surface area contributed by atoms with Crippen molar-refractivity contribution in [2.24, 2.45) is 5.92 Å². The number of ether oxygens (including phenoxy) is 2. The molecule has 0 unspecified atom stereocenters. The fraction of sp³-hybridized carbons (Fsp3) is 0.520. The predicted molar refractivity (Wildman–Crippen MR) is 112 cm³/mol. The van der Waals surface area contributed by atoms with Gasteiger partial charge in [-0.1, -0.05) is 25.0 Å². The molecule has 2 bridgehead atoms. The smallest absolute Gasteiger partial charge is 0.231 e. The van der Waals surface area contributed by atoms with Crippen molar-refractivity contribution in [2.75, 3.05) is 19.9 Å². The van der Waals surface area contributed by atoms with Gasteiger partial charge in [-0.2, -0.15) is 0 Å². The van der Waals surface area contributed by atoms with Crippen LogP contribution in [0.2, 0.25) is 0 Å². The van der Waals surface area contributed by atoms with Gasteiger partial charge in [-0.25, -0.2) is 0 Å². The summed E-state index contributed by atoms with van der Waals surface area (Å²) in [5.74, 6) is 2.92. The molecule has 2 aliphatic heterocycles. The van der Waals surface area contributed by atoms with E-state index in [-0.39, 0.29) is 0 Å². The maximum atomic E-state index is 10.2. The van der Waals surface area contributed by atoms with Gasteiger partial charge in [0.25, 0.3) is 0 Å². The van der Waals surface area contributed by atoms with E-state index in [1.165, 1.54) is 55.3 Å². The van der Waals surface area contributed by atoms with Crippen LogP contribution in [0.5, 0.6) is 17.2 Å². The Labute approximate surface area is 172 Å². The zero-order chi connectivity index (χ0) is 19.4. The average Bonchev–Trinajstić information content (AvgIpc) is 3.21. The Balaban J connectivity index is 1.26. The number of phenolic OH excluding ortho intramolecular Hbond substituents is 1. The van der Waals surface area contributed by atoms with Gasteiger partial charge in [-0.3, -0.25) is 4.90 Å². The van der Waals surface area contributed by atoms with Crippen molar-refractivity contribution < 1.29 is 14.6 Å². The van der Waals surface area contributed by atoms with Crippen LogP contribution in [0.4, 0.5) is 0 Å². The summed E-state index contributed by atoms with van der Waals surface area (Å²) in [4.78, 5) is 2.76. The molecule has 1 saturated carbocycles. The first-order chi connectivity index (χ1) is 14.2. The van der Waals surface area contributed by atoms with E-state index >= 15 is 0 Å². The third-order valence-corrected chi connectivity index (χ3v) is 8.06. The minimum absolute atomic E-state index is 0.296. The Morgan fingerprint density at radius 1 is 1.03 bits per heavy atom. The Hall–Kier alpha value is -2.20. The number of benzene rings is 2. The second-order valence-electron chi connectivity index (χ2n) is 9.34. The van der Waals surface area contributed by atoms with E-state index in [1.54, 1.807) is 0 Å². The molecule has 2 aromatic rings. The second kappa shape index (κ2) is 6.66. The third-order valence-electron chi connectivity index (χ3n) is 8.06. The second-order valence-corrected chi connectivity index (χ2v) is 9.34. The summed E-state index contributed by atoms with van der Waals surface area (Å²) in [5, 5.41) is 10.2. The van der Waals surface area contributed by atoms with Gasteiger partial charge >= 0.3 is 0 Å². The van der Waals surface area contributed by atoms with Crippen molar-refractivity contribution in [2.45, 2.75) is 56.4 Å². The molecule has 0 aromatic heterocycles. The van der Waals surface area contributed by atoms with Crippen LogP contribution in [0.1, 0.15) is 48.8 Å². The van der Waals surface area contributed by atoms with Crippen LogP contribution >= 0.6 is 0 Å². The lowest BCUT2D eigenvalue weighted by atomic mass is 9.52.